The maximum absolute atomic E-state index is 5.70. The molecule has 2 heterocycles. The van der Waals surface area contributed by atoms with Gasteiger partial charge in [0, 0.05) is 12.6 Å². The summed E-state index contributed by atoms with van der Waals surface area (Å²) in [5.41, 5.74) is 0. The van der Waals surface area contributed by atoms with Crippen LogP contribution in [0.5, 0.6) is 0 Å². The minimum Gasteiger partial charge on any atom is -0.442 e. The maximum Gasteiger partial charge on any atom is 0.194 e. The van der Waals surface area contributed by atoms with Gasteiger partial charge in [-0.15, -0.1) is 10.2 Å². The van der Waals surface area contributed by atoms with Crippen LogP contribution < -0.4 is 5.32 Å². The highest BCUT2D eigenvalue weighted by Crippen LogP contribution is 2.27. The Bertz CT molecular complexity index is 466. The van der Waals surface area contributed by atoms with Crippen LogP contribution in [0.2, 0.25) is 5.22 Å². The lowest BCUT2D eigenvalue weighted by Crippen LogP contribution is -2.21. The fourth-order valence-electron chi connectivity index (χ4n) is 1.15. The SMILES string of the molecule is CC(C)NCc1nnc(-c2ccc(Cl)o2)s1. The molecule has 16 heavy (non-hydrogen) atoms. The highest BCUT2D eigenvalue weighted by atomic mass is 35.5. The summed E-state index contributed by atoms with van der Waals surface area (Å²) in [5.74, 6) is 0.665. The average Bonchev–Trinajstić information content (AvgIpc) is 2.83. The van der Waals surface area contributed by atoms with Crippen LogP contribution in [0.4, 0.5) is 0 Å². The second-order valence-electron chi connectivity index (χ2n) is 3.64. The van der Waals surface area contributed by atoms with Crippen LogP contribution in [0.25, 0.3) is 10.8 Å². The van der Waals surface area contributed by atoms with Gasteiger partial charge in [0.25, 0.3) is 0 Å². The lowest BCUT2D eigenvalue weighted by Gasteiger charge is -2.03. The first kappa shape index (κ1) is 11.6. The lowest BCUT2D eigenvalue weighted by molar-refractivity contribution is 0.580. The third kappa shape index (κ3) is 2.81. The summed E-state index contributed by atoms with van der Waals surface area (Å²) in [6.45, 7) is 4.91. The Morgan fingerprint density at radius 3 is 2.88 bits per heavy atom. The van der Waals surface area contributed by atoms with Crippen LogP contribution in [0.3, 0.4) is 0 Å². The molecule has 0 aromatic carbocycles. The van der Waals surface area contributed by atoms with Crippen molar-refractivity contribution in [3.8, 4) is 10.8 Å². The predicted octanol–water partition coefficient (Wildman–Crippen LogP) is 2.95. The molecule has 86 valence electrons. The van der Waals surface area contributed by atoms with E-state index in [-0.39, 0.29) is 0 Å². The van der Waals surface area contributed by atoms with E-state index < -0.39 is 0 Å². The van der Waals surface area contributed by atoms with E-state index in [1.54, 1.807) is 12.1 Å². The molecule has 0 unspecified atom stereocenters. The third-order valence-corrected chi connectivity index (χ3v) is 3.05. The largest absolute Gasteiger partial charge is 0.442 e. The Kier molecular flexibility index (Phi) is 3.58. The molecular formula is C10H12ClN3OS. The number of hydrogen-bond acceptors (Lipinski definition) is 5. The number of rotatable bonds is 4. The molecular weight excluding hydrogens is 246 g/mol. The Hall–Kier alpha value is -0.910. The minimum atomic E-state index is 0.368. The van der Waals surface area contributed by atoms with Gasteiger partial charge < -0.3 is 9.73 Å². The lowest BCUT2D eigenvalue weighted by atomic mass is 10.4. The first-order valence-corrected chi connectivity index (χ1v) is 6.16. The van der Waals surface area contributed by atoms with Crippen LogP contribution >= 0.6 is 22.9 Å². The van der Waals surface area contributed by atoms with Crippen molar-refractivity contribution in [3.05, 3.63) is 22.4 Å². The summed E-state index contributed by atoms with van der Waals surface area (Å²) < 4.78 is 5.26. The molecule has 0 atom stereocenters. The van der Waals surface area contributed by atoms with Crippen LogP contribution in [0, 0.1) is 0 Å². The quantitative estimate of drug-likeness (QED) is 0.915. The van der Waals surface area contributed by atoms with Crippen molar-refractivity contribution in [2.45, 2.75) is 26.4 Å². The standard InChI is InChI=1S/C10H12ClN3OS/c1-6(2)12-5-9-13-14-10(16-9)7-3-4-8(11)15-7/h3-4,6,12H,5H2,1-2H3. The monoisotopic (exact) mass is 257 g/mol. The van der Waals surface area contributed by atoms with Crippen LogP contribution in [0.15, 0.2) is 16.5 Å². The van der Waals surface area contributed by atoms with Crippen LogP contribution in [0.1, 0.15) is 18.9 Å². The van der Waals surface area contributed by atoms with Crippen LogP contribution in [-0.4, -0.2) is 16.2 Å². The highest BCUT2D eigenvalue weighted by Gasteiger charge is 2.10. The van der Waals surface area contributed by atoms with Crippen molar-refractivity contribution >= 4 is 22.9 Å². The summed E-state index contributed by atoms with van der Waals surface area (Å²) in [6.07, 6.45) is 0. The Balaban J connectivity index is 2.07. The zero-order valence-electron chi connectivity index (χ0n) is 9.03. The predicted molar refractivity (Wildman–Crippen MR) is 64.6 cm³/mol. The normalized spacial score (nSPS) is 11.2. The van der Waals surface area contributed by atoms with E-state index in [1.807, 2.05) is 0 Å². The molecule has 0 amide bonds. The first-order valence-electron chi connectivity index (χ1n) is 4.96. The van der Waals surface area contributed by atoms with Gasteiger partial charge in [-0.05, 0) is 23.7 Å². The van der Waals surface area contributed by atoms with E-state index in [4.69, 9.17) is 16.0 Å². The smallest absolute Gasteiger partial charge is 0.194 e. The molecule has 0 aliphatic carbocycles. The van der Waals surface area contributed by atoms with Crippen LogP contribution in [-0.2, 0) is 6.54 Å². The second kappa shape index (κ2) is 4.95. The summed E-state index contributed by atoms with van der Waals surface area (Å²) in [5, 5.41) is 13.5. The van der Waals surface area contributed by atoms with E-state index in [0.29, 0.717) is 17.0 Å². The van der Waals surface area contributed by atoms with Gasteiger partial charge >= 0.3 is 0 Å². The van der Waals surface area contributed by atoms with Gasteiger partial charge in [0.05, 0.1) is 0 Å². The molecule has 0 aliphatic heterocycles. The molecule has 0 radical (unpaired) electrons. The molecule has 2 aromatic rings. The zero-order valence-corrected chi connectivity index (χ0v) is 10.6. The fraction of sp³-hybridized carbons (Fsp3) is 0.400. The third-order valence-electron chi connectivity index (χ3n) is 1.91. The first-order chi connectivity index (χ1) is 7.65. The summed E-state index contributed by atoms with van der Waals surface area (Å²) in [7, 11) is 0. The molecule has 0 spiro atoms. The topological polar surface area (TPSA) is 51.0 Å². The van der Waals surface area contributed by atoms with Gasteiger partial charge in [-0.25, -0.2) is 0 Å². The molecule has 4 nitrogen and oxygen atoms in total. The van der Waals surface area contributed by atoms with Gasteiger partial charge in [-0.3, -0.25) is 0 Å². The van der Waals surface area contributed by atoms with Crippen molar-refractivity contribution < 1.29 is 4.42 Å². The van der Waals surface area contributed by atoms with Gasteiger partial charge in [-0.2, -0.15) is 0 Å². The average molecular weight is 258 g/mol. The Morgan fingerprint density at radius 2 is 2.25 bits per heavy atom. The number of halogens is 1. The molecule has 6 heteroatoms. The summed E-state index contributed by atoms with van der Waals surface area (Å²) in [6, 6.07) is 3.93. The Morgan fingerprint density at radius 1 is 1.44 bits per heavy atom. The molecule has 0 fully saturated rings. The van der Waals surface area contributed by atoms with Crippen molar-refractivity contribution in [1.29, 1.82) is 0 Å². The van der Waals surface area contributed by atoms with Crippen molar-refractivity contribution in [3.63, 3.8) is 0 Å². The molecule has 0 saturated carbocycles. The molecule has 1 N–H and O–H groups in total. The van der Waals surface area contributed by atoms with Gasteiger partial charge in [-0.1, -0.05) is 25.2 Å². The fourth-order valence-corrected chi connectivity index (χ4v) is 2.04. The summed E-state index contributed by atoms with van der Waals surface area (Å²) in [4.78, 5) is 0. The number of aromatic nitrogens is 2. The second-order valence-corrected chi connectivity index (χ2v) is 5.07. The number of nitrogens with zero attached hydrogens (tertiary/aromatic N) is 2. The zero-order chi connectivity index (χ0) is 11.5. The molecule has 0 saturated heterocycles. The number of nitrogens with one attached hydrogen (secondary N) is 1. The van der Waals surface area contributed by atoms with E-state index >= 15 is 0 Å². The summed E-state index contributed by atoms with van der Waals surface area (Å²) >= 11 is 7.20. The minimum absolute atomic E-state index is 0.368. The van der Waals surface area contributed by atoms with Crippen molar-refractivity contribution in [1.82, 2.24) is 15.5 Å². The maximum atomic E-state index is 5.70. The van der Waals surface area contributed by atoms with E-state index in [1.165, 1.54) is 11.3 Å². The van der Waals surface area contributed by atoms with Gasteiger partial charge in [0.2, 0.25) is 0 Å². The van der Waals surface area contributed by atoms with Gasteiger partial charge in [0.1, 0.15) is 5.01 Å². The number of hydrogen-bond donors (Lipinski definition) is 1. The van der Waals surface area contributed by atoms with Crippen molar-refractivity contribution in [2.24, 2.45) is 0 Å². The molecule has 0 aliphatic rings. The van der Waals surface area contributed by atoms with E-state index in [0.717, 1.165) is 16.6 Å². The Labute approximate surface area is 103 Å². The highest BCUT2D eigenvalue weighted by molar-refractivity contribution is 7.14. The van der Waals surface area contributed by atoms with Gasteiger partial charge in [0.15, 0.2) is 16.0 Å². The van der Waals surface area contributed by atoms with E-state index in [2.05, 4.69) is 29.4 Å². The number of furan rings is 1. The van der Waals surface area contributed by atoms with E-state index in [9.17, 15) is 0 Å². The molecule has 2 aromatic heterocycles. The molecule has 0 bridgehead atoms. The van der Waals surface area contributed by atoms with Crippen molar-refractivity contribution in [2.75, 3.05) is 0 Å². The molecule has 2 rings (SSSR count).